The molecule has 1 fully saturated rings. The molecule has 1 aromatic carbocycles. The fourth-order valence-corrected chi connectivity index (χ4v) is 3.12. The molecule has 2 rings (SSSR count). The lowest BCUT2D eigenvalue weighted by Gasteiger charge is -2.32. The number of nitrogens with zero attached hydrogens (tertiary/aromatic N) is 1. The summed E-state index contributed by atoms with van der Waals surface area (Å²) in [5.41, 5.74) is 1.62. The van der Waals surface area contributed by atoms with E-state index in [1.807, 2.05) is 19.9 Å². The number of hydrogen-bond donors (Lipinski definition) is 3. The number of aryl methyl sites for hydroxylation is 1. The number of hydrogen-bond acceptors (Lipinski definition) is 3. The molecule has 0 spiro atoms. The van der Waals surface area contributed by atoms with Crippen molar-refractivity contribution in [3.8, 4) is 5.75 Å². The molecule has 0 bridgehead atoms. The van der Waals surface area contributed by atoms with E-state index >= 15 is 0 Å². The molecular formula is C19H32IN3O2. The highest BCUT2D eigenvalue weighted by Gasteiger charge is 2.29. The second kappa shape index (κ2) is 10.9. The maximum atomic E-state index is 10.6. The van der Waals surface area contributed by atoms with Gasteiger partial charge in [-0.3, -0.25) is 0 Å². The molecule has 142 valence electrons. The minimum atomic E-state index is -0.601. The Morgan fingerprint density at radius 2 is 1.96 bits per heavy atom. The first-order chi connectivity index (χ1) is 11.6. The van der Waals surface area contributed by atoms with Gasteiger partial charge in [0.25, 0.3) is 0 Å². The molecule has 0 unspecified atom stereocenters. The summed E-state index contributed by atoms with van der Waals surface area (Å²) in [6, 6.07) is 6.14. The molecule has 0 atom stereocenters. The van der Waals surface area contributed by atoms with E-state index in [2.05, 4.69) is 27.8 Å². The van der Waals surface area contributed by atoms with E-state index in [-0.39, 0.29) is 24.0 Å². The topological polar surface area (TPSA) is 65.9 Å². The van der Waals surface area contributed by atoms with Gasteiger partial charge in [0.1, 0.15) is 5.75 Å². The number of guanidine groups is 1. The number of ether oxygens (including phenoxy) is 1. The summed E-state index contributed by atoms with van der Waals surface area (Å²) < 4.78 is 5.44. The number of benzene rings is 1. The predicted molar refractivity (Wildman–Crippen MR) is 114 cm³/mol. The van der Waals surface area contributed by atoms with Gasteiger partial charge in [0, 0.05) is 18.7 Å². The van der Waals surface area contributed by atoms with Crippen molar-refractivity contribution in [1.29, 1.82) is 0 Å². The van der Waals surface area contributed by atoms with Crippen molar-refractivity contribution in [3.05, 3.63) is 29.3 Å². The van der Waals surface area contributed by atoms with Crippen LogP contribution in [-0.4, -0.2) is 36.9 Å². The fourth-order valence-electron chi connectivity index (χ4n) is 3.12. The van der Waals surface area contributed by atoms with Crippen molar-refractivity contribution < 1.29 is 9.84 Å². The Bertz CT molecular complexity index is 558. The van der Waals surface area contributed by atoms with Crippen molar-refractivity contribution in [2.75, 3.05) is 20.2 Å². The molecule has 1 aromatic rings. The van der Waals surface area contributed by atoms with Crippen LogP contribution in [0.4, 0.5) is 0 Å². The number of aliphatic imine (C=N–C) groups is 1. The van der Waals surface area contributed by atoms with Gasteiger partial charge >= 0.3 is 0 Å². The van der Waals surface area contributed by atoms with Crippen LogP contribution in [0.1, 0.15) is 50.2 Å². The molecule has 0 radical (unpaired) electrons. The Balaban J connectivity index is 0.00000312. The van der Waals surface area contributed by atoms with Gasteiger partial charge in [-0.1, -0.05) is 31.4 Å². The van der Waals surface area contributed by atoms with E-state index in [0.29, 0.717) is 13.1 Å². The summed E-state index contributed by atoms with van der Waals surface area (Å²) in [5, 5.41) is 17.2. The van der Waals surface area contributed by atoms with Gasteiger partial charge in [-0.25, -0.2) is 4.99 Å². The van der Waals surface area contributed by atoms with Crippen LogP contribution >= 0.6 is 24.0 Å². The monoisotopic (exact) mass is 461 g/mol. The molecule has 0 saturated heterocycles. The maximum absolute atomic E-state index is 10.6. The molecular weight excluding hydrogens is 429 g/mol. The highest BCUT2D eigenvalue weighted by Crippen LogP contribution is 2.27. The maximum Gasteiger partial charge on any atom is 0.191 e. The summed E-state index contributed by atoms with van der Waals surface area (Å²) >= 11 is 0. The normalized spacial score (nSPS) is 16.7. The van der Waals surface area contributed by atoms with Crippen LogP contribution in [-0.2, 0) is 6.54 Å². The third-order valence-electron chi connectivity index (χ3n) is 4.56. The summed E-state index contributed by atoms with van der Waals surface area (Å²) in [6.07, 6.45) is 5.17. The first kappa shape index (κ1) is 22.0. The van der Waals surface area contributed by atoms with E-state index in [4.69, 9.17) is 4.74 Å². The lowest BCUT2D eigenvalue weighted by atomic mass is 9.85. The van der Waals surface area contributed by atoms with Crippen LogP contribution in [0.3, 0.4) is 0 Å². The second-order valence-electron chi connectivity index (χ2n) is 6.65. The molecule has 0 amide bonds. The van der Waals surface area contributed by atoms with Crippen LogP contribution in [0.5, 0.6) is 5.75 Å². The largest absolute Gasteiger partial charge is 0.496 e. The van der Waals surface area contributed by atoms with Crippen LogP contribution in [0, 0.1) is 6.92 Å². The Labute approximate surface area is 168 Å². The Morgan fingerprint density at radius 3 is 2.60 bits per heavy atom. The third kappa shape index (κ3) is 7.01. The summed E-state index contributed by atoms with van der Waals surface area (Å²) in [6.45, 7) is 5.96. The Kier molecular flexibility index (Phi) is 9.56. The number of nitrogens with one attached hydrogen (secondary N) is 2. The molecule has 6 heteroatoms. The van der Waals surface area contributed by atoms with Crippen LogP contribution in [0.2, 0.25) is 0 Å². The van der Waals surface area contributed by atoms with Crippen LogP contribution in [0.15, 0.2) is 23.2 Å². The summed E-state index contributed by atoms with van der Waals surface area (Å²) in [7, 11) is 1.68. The molecule has 5 nitrogen and oxygen atoms in total. The molecule has 25 heavy (non-hydrogen) atoms. The molecule has 1 aliphatic rings. The van der Waals surface area contributed by atoms with Gasteiger partial charge in [0.15, 0.2) is 5.96 Å². The van der Waals surface area contributed by atoms with Crippen molar-refractivity contribution in [2.24, 2.45) is 4.99 Å². The second-order valence-corrected chi connectivity index (χ2v) is 6.65. The van der Waals surface area contributed by atoms with E-state index in [1.165, 1.54) is 12.0 Å². The zero-order valence-electron chi connectivity index (χ0n) is 15.6. The van der Waals surface area contributed by atoms with Crippen molar-refractivity contribution in [2.45, 2.75) is 58.1 Å². The van der Waals surface area contributed by atoms with Crippen LogP contribution in [0.25, 0.3) is 0 Å². The van der Waals surface area contributed by atoms with Crippen molar-refractivity contribution >= 4 is 29.9 Å². The highest BCUT2D eigenvalue weighted by molar-refractivity contribution is 14.0. The van der Waals surface area contributed by atoms with E-state index < -0.39 is 5.60 Å². The lowest BCUT2D eigenvalue weighted by molar-refractivity contribution is 0.00859. The zero-order valence-corrected chi connectivity index (χ0v) is 17.9. The lowest BCUT2D eigenvalue weighted by Crippen LogP contribution is -2.48. The third-order valence-corrected chi connectivity index (χ3v) is 4.56. The summed E-state index contributed by atoms with van der Waals surface area (Å²) in [4.78, 5) is 4.64. The Hall–Kier alpha value is -1.02. The van der Waals surface area contributed by atoms with Crippen LogP contribution < -0.4 is 15.4 Å². The number of aliphatic hydroxyl groups is 1. The standard InChI is InChI=1S/C19H31N3O2.HI/c1-4-20-18(22-14-19(23)10-6-5-7-11-19)21-13-16-9-8-15(2)12-17(16)24-3;/h8-9,12,23H,4-7,10-11,13-14H2,1-3H3,(H2,20,21,22);1H. The average molecular weight is 461 g/mol. The summed E-state index contributed by atoms with van der Waals surface area (Å²) in [5.74, 6) is 1.60. The molecule has 1 aliphatic carbocycles. The molecule has 3 N–H and O–H groups in total. The van der Waals surface area contributed by atoms with E-state index in [1.54, 1.807) is 7.11 Å². The molecule has 0 aliphatic heterocycles. The smallest absolute Gasteiger partial charge is 0.191 e. The van der Waals surface area contributed by atoms with Crippen molar-refractivity contribution in [1.82, 2.24) is 10.6 Å². The predicted octanol–water partition coefficient (Wildman–Crippen LogP) is 3.37. The van der Waals surface area contributed by atoms with E-state index in [9.17, 15) is 5.11 Å². The molecule has 1 saturated carbocycles. The first-order valence-electron chi connectivity index (χ1n) is 8.94. The Morgan fingerprint density at radius 1 is 1.24 bits per heavy atom. The minimum absolute atomic E-state index is 0. The van der Waals surface area contributed by atoms with Gasteiger partial charge in [-0.15, -0.1) is 24.0 Å². The number of methoxy groups -OCH3 is 1. The molecule has 0 aromatic heterocycles. The highest BCUT2D eigenvalue weighted by atomic mass is 127. The van der Waals surface area contributed by atoms with Gasteiger partial charge in [0.05, 0.1) is 19.3 Å². The fraction of sp³-hybridized carbons (Fsp3) is 0.632. The molecule has 0 heterocycles. The van der Waals surface area contributed by atoms with Gasteiger partial charge in [-0.2, -0.15) is 0 Å². The number of halogens is 1. The zero-order chi connectivity index (χ0) is 17.4. The first-order valence-corrected chi connectivity index (χ1v) is 8.94. The van der Waals surface area contributed by atoms with Gasteiger partial charge < -0.3 is 20.5 Å². The average Bonchev–Trinajstić information content (AvgIpc) is 2.58. The quantitative estimate of drug-likeness (QED) is 0.345. The SMILES string of the molecule is CCNC(=NCc1ccc(C)cc1OC)NCC1(O)CCCCC1.I. The van der Waals surface area contributed by atoms with Gasteiger partial charge in [-0.05, 0) is 38.3 Å². The van der Waals surface area contributed by atoms with Gasteiger partial charge in [0.2, 0.25) is 0 Å². The van der Waals surface area contributed by atoms with Crippen molar-refractivity contribution in [3.63, 3.8) is 0 Å². The van der Waals surface area contributed by atoms with E-state index in [0.717, 1.165) is 49.5 Å². The minimum Gasteiger partial charge on any atom is -0.496 e. The number of rotatable bonds is 6.